The summed E-state index contributed by atoms with van der Waals surface area (Å²) < 4.78 is 10.2. The first-order chi connectivity index (χ1) is 34.3. The number of fused-ring (bicyclic) bond motifs is 8. The van der Waals surface area contributed by atoms with Gasteiger partial charge < -0.3 is 45.4 Å². The second-order valence-corrected chi connectivity index (χ2v) is 17.6. The number of esters is 2. The fraction of sp³-hybridized carbons (Fsp3) is 0.471. The fourth-order valence-electron chi connectivity index (χ4n) is 8.96. The topological polar surface area (TPSA) is 290 Å². The number of aromatic nitrogens is 4. The highest BCUT2D eigenvalue weighted by Crippen LogP contribution is 2.36. The Morgan fingerprint density at radius 1 is 0.583 bits per heavy atom. The normalized spacial score (nSPS) is 12.5. The Hall–Kier alpha value is -7.23. The van der Waals surface area contributed by atoms with E-state index in [1.165, 1.54) is 21.8 Å². The van der Waals surface area contributed by atoms with Crippen LogP contribution in [-0.4, -0.2) is 177 Å². The van der Waals surface area contributed by atoms with E-state index in [0.717, 1.165) is 74.2 Å². The zero-order valence-electron chi connectivity index (χ0n) is 42.4. The van der Waals surface area contributed by atoms with Crippen molar-refractivity contribution in [2.75, 3.05) is 85.7 Å². The van der Waals surface area contributed by atoms with Gasteiger partial charge in [-0.2, -0.15) is 0 Å². The molecule has 2 amide bonds. The average molecular weight is 998 g/mol. The average Bonchev–Trinajstić information content (AvgIpc) is 3.99. The van der Waals surface area contributed by atoms with Crippen molar-refractivity contribution in [2.24, 2.45) is 0 Å². The number of carbonyl (C=O) groups is 7. The molecular formula is C51H67N9O12. The molecule has 0 spiro atoms. The van der Waals surface area contributed by atoms with Gasteiger partial charge >= 0.3 is 29.8 Å². The standard InChI is InChI=1S/C51H67N9O12/c1-9-33-29(4)36-20-37-31(6)35(42(56-37)23-43-50(51(70)71-8)32(7)39(57-43)22-41-34(10-2)30(5)38(55-41)21-40(33)54-36)12-13-44(61)52-14-15-53-45(62)24-59(26-47(65)66)18-16-58(25-46(63)64)17-19-60(27-48(67)68)28-49(69)72-11-3/h20-23,55-56H,9-19,24-28H2,1-8H3,(H,52,61)(H,53,62)(H,63,64)(H,65,66)(H,67,68). The zero-order chi connectivity index (χ0) is 52.8. The van der Waals surface area contributed by atoms with E-state index in [9.17, 15) is 48.9 Å². The lowest BCUT2D eigenvalue weighted by molar-refractivity contribution is -0.146. The molecule has 8 bridgehead atoms. The Bertz CT molecular complexity index is 2810. The number of carboxylic acids is 3. The number of ether oxygens (including phenoxy) is 2. The zero-order valence-corrected chi connectivity index (χ0v) is 42.4. The lowest BCUT2D eigenvalue weighted by atomic mass is 10.0. The number of aryl methyl sites for hydroxylation is 4. The predicted octanol–water partition coefficient (Wildman–Crippen LogP) is 3.83. The van der Waals surface area contributed by atoms with Crippen LogP contribution in [0, 0.1) is 13.8 Å². The first kappa shape index (κ1) is 55.7. The number of allylic oxidation sites excluding steroid dienone is 3. The monoisotopic (exact) mass is 997 g/mol. The summed E-state index contributed by atoms with van der Waals surface area (Å²) in [5.41, 5.74) is 13.1. The van der Waals surface area contributed by atoms with Crippen molar-refractivity contribution in [3.63, 3.8) is 0 Å². The minimum absolute atomic E-state index is 0.00108. The Morgan fingerprint density at radius 2 is 1.07 bits per heavy atom. The van der Waals surface area contributed by atoms with Crippen molar-refractivity contribution in [3.8, 4) is 0 Å². The summed E-state index contributed by atoms with van der Waals surface area (Å²) in [6.07, 6.45) is 1.92. The van der Waals surface area contributed by atoms with Gasteiger partial charge in [0.15, 0.2) is 0 Å². The number of hydrogen-bond acceptors (Lipinski definition) is 14. The molecule has 0 saturated heterocycles. The molecule has 0 unspecified atom stereocenters. The lowest BCUT2D eigenvalue weighted by Crippen LogP contribution is -2.47. The number of aromatic amines is 2. The second-order valence-electron chi connectivity index (χ2n) is 17.6. The van der Waals surface area contributed by atoms with E-state index < -0.39 is 55.4 Å². The number of methoxy groups -OCH3 is 1. The van der Waals surface area contributed by atoms with Crippen LogP contribution in [0.3, 0.4) is 0 Å². The van der Waals surface area contributed by atoms with Crippen LogP contribution < -0.4 is 10.6 Å². The van der Waals surface area contributed by atoms with Crippen molar-refractivity contribution >= 4 is 86.0 Å². The van der Waals surface area contributed by atoms with Crippen LogP contribution in [0.2, 0.25) is 0 Å². The molecule has 21 nitrogen and oxygen atoms in total. The van der Waals surface area contributed by atoms with Gasteiger partial charge in [-0.3, -0.25) is 43.5 Å². The predicted molar refractivity (Wildman–Crippen MR) is 270 cm³/mol. The molecule has 0 atom stereocenters. The highest BCUT2D eigenvalue weighted by molar-refractivity contribution is 6.25. The third-order valence-corrected chi connectivity index (χ3v) is 12.7. The maximum Gasteiger partial charge on any atom is 0.340 e. The first-order valence-electron chi connectivity index (χ1n) is 24.0. The van der Waals surface area contributed by atoms with Crippen LogP contribution in [0.1, 0.15) is 92.5 Å². The largest absolute Gasteiger partial charge is 0.480 e. The van der Waals surface area contributed by atoms with Crippen molar-refractivity contribution in [1.29, 1.82) is 0 Å². The van der Waals surface area contributed by atoms with Crippen molar-refractivity contribution < 1.29 is 58.4 Å². The van der Waals surface area contributed by atoms with E-state index in [2.05, 4.69) is 54.4 Å². The minimum Gasteiger partial charge on any atom is -0.480 e. The number of carbonyl (C=O) groups excluding carboxylic acids is 4. The molecule has 5 rings (SSSR count). The summed E-state index contributed by atoms with van der Waals surface area (Å²) in [6, 6.07) is 7.87. The Kier molecular flexibility index (Phi) is 19.9. The molecular weight excluding hydrogens is 931 g/mol. The number of hydrogen-bond donors (Lipinski definition) is 7. The minimum atomic E-state index is -1.22. The van der Waals surface area contributed by atoms with Gasteiger partial charge in [-0.1, -0.05) is 13.8 Å². The van der Waals surface area contributed by atoms with E-state index in [0.29, 0.717) is 34.5 Å². The number of nitrogens with zero attached hydrogens (tertiary/aromatic N) is 5. The fourth-order valence-corrected chi connectivity index (χ4v) is 8.96. The highest BCUT2D eigenvalue weighted by Gasteiger charge is 2.26. The summed E-state index contributed by atoms with van der Waals surface area (Å²) in [7, 11) is 1.33. The van der Waals surface area contributed by atoms with Gasteiger partial charge in [0.05, 0.1) is 74.8 Å². The smallest absolute Gasteiger partial charge is 0.340 e. The summed E-state index contributed by atoms with van der Waals surface area (Å²) >= 11 is 0. The van der Waals surface area contributed by atoms with Crippen LogP contribution in [0.25, 0.3) is 44.4 Å². The SMILES string of the molecule is CCOC(=O)CN(CCN(CCN(CC(=O)O)CC(=O)NCCNC(=O)CCc1c(C)c2cc3nc(cc4[nH]c(cc5nc(cc1[nH]2)C(C(=O)OC)=C5C)c(CC)c4C)C(CC)=C3C)CC(=O)O)CC(=O)O. The van der Waals surface area contributed by atoms with Crippen molar-refractivity contribution in [3.05, 3.63) is 69.3 Å². The quantitative estimate of drug-likeness (QED) is 0.0444. The second kappa shape index (κ2) is 25.8. The highest BCUT2D eigenvalue weighted by atomic mass is 16.5. The maximum absolute atomic E-state index is 13.4. The molecule has 0 fully saturated rings. The number of nitrogens with one attached hydrogen (secondary N) is 4. The third kappa shape index (κ3) is 14.7. The Labute approximate surface area is 417 Å². The molecule has 0 saturated carbocycles. The van der Waals surface area contributed by atoms with Gasteiger partial charge in [-0.25, -0.2) is 14.8 Å². The Balaban J connectivity index is 1.30. The van der Waals surface area contributed by atoms with E-state index >= 15 is 0 Å². The van der Waals surface area contributed by atoms with Gasteiger partial charge in [-0.15, -0.1) is 0 Å². The molecule has 3 aromatic heterocycles. The summed E-state index contributed by atoms with van der Waals surface area (Å²) in [5.74, 6) is -5.58. The molecule has 2 aliphatic rings. The molecule has 0 aliphatic carbocycles. The van der Waals surface area contributed by atoms with Crippen LogP contribution in [0.4, 0.5) is 0 Å². The summed E-state index contributed by atoms with van der Waals surface area (Å²) in [4.78, 5) is 108. The summed E-state index contributed by atoms with van der Waals surface area (Å²) in [5, 5.41) is 33.9. The van der Waals surface area contributed by atoms with E-state index in [1.54, 1.807) is 6.92 Å². The van der Waals surface area contributed by atoms with Crippen LogP contribution in [0.5, 0.6) is 0 Å². The van der Waals surface area contributed by atoms with Crippen molar-refractivity contribution in [2.45, 2.75) is 74.1 Å². The van der Waals surface area contributed by atoms with E-state index in [1.807, 2.05) is 32.0 Å². The van der Waals surface area contributed by atoms with Crippen molar-refractivity contribution in [1.82, 2.24) is 45.3 Å². The van der Waals surface area contributed by atoms with Gasteiger partial charge in [0.2, 0.25) is 11.8 Å². The van der Waals surface area contributed by atoms with Crippen LogP contribution >= 0.6 is 0 Å². The molecule has 0 radical (unpaired) electrons. The molecule has 388 valence electrons. The number of aliphatic carboxylic acids is 3. The van der Waals surface area contributed by atoms with Gasteiger partial charge in [0, 0.05) is 67.8 Å². The third-order valence-electron chi connectivity index (χ3n) is 12.7. The van der Waals surface area contributed by atoms with Crippen LogP contribution in [-0.2, 0) is 55.9 Å². The Morgan fingerprint density at radius 3 is 1.64 bits per heavy atom. The molecule has 2 aliphatic heterocycles. The van der Waals surface area contributed by atoms with Gasteiger partial charge in [-0.05, 0) is 117 Å². The molecule has 72 heavy (non-hydrogen) atoms. The molecule has 21 heteroatoms. The van der Waals surface area contributed by atoms with E-state index in [4.69, 9.17) is 19.4 Å². The number of amides is 2. The maximum atomic E-state index is 13.4. The summed E-state index contributed by atoms with van der Waals surface area (Å²) in [6.45, 7) is 11.8. The number of rotatable bonds is 26. The van der Waals surface area contributed by atoms with Gasteiger partial charge in [0.1, 0.15) is 0 Å². The van der Waals surface area contributed by atoms with Crippen LogP contribution in [0.15, 0.2) is 24.3 Å². The molecule has 3 aromatic rings. The number of H-pyrrole nitrogens is 2. The molecule has 5 heterocycles. The number of carboxylic acid groups (broad SMARTS) is 3. The lowest BCUT2D eigenvalue weighted by Gasteiger charge is -2.27. The van der Waals surface area contributed by atoms with E-state index in [-0.39, 0.29) is 71.3 Å². The molecule has 0 aromatic carbocycles. The van der Waals surface area contributed by atoms with Gasteiger partial charge in [0.25, 0.3) is 0 Å². The first-order valence-corrected chi connectivity index (χ1v) is 24.0. The molecule has 7 N–H and O–H groups in total.